The minimum Gasteiger partial charge on any atom is -0.378 e. The van der Waals surface area contributed by atoms with E-state index in [2.05, 4.69) is 0 Å². The van der Waals surface area contributed by atoms with Gasteiger partial charge in [-0.15, -0.1) is 0 Å². The number of ether oxygens (including phenoxy) is 1. The molecule has 0 radical (unpaired) electrons. The zero-order chi connectivity index (χ0) is 10.4. The van der Waals surface area contributed by atoms with E-state index in [1.165, 1.54) is 0 Å². The Balaban J connectivity index is 2.30. The molecule has 0 aromatic rings. The molecular formula is C10H20N2O2. The van der Waals surface area contributed by atoms with Crippen molar-refractivity contribution in [3.8, 4) is 0 Å². The minimum absolute atomic E-state index is 0.148. The van der Waals surface area contributed by atoms with Crippen molar-refractivity contribution in [1.82, 2.24) is 4.90 Å². The SMILES string of the molecule is CCN(CCN)C(=O)CC1CCCO1. The lowest BCUT2D eigenvalue weighted by atomic mass is 10.1. The number of carbonyl (C=O) groups is 1. The molecule has 0 aromatic carbocycles. The molecular weight excluding hydrogens is 180 g/mol. The van der Waals surface area contributed by atoms with Gasteiger partial charge in [-0.05, 0) is 19.8 Å². The summed E-state index contributed by atoms with van der Waals surface area (Å²) in [6.45, 7) is 4.71. The summed E-state index contributed by atoms with van der Waals surface area (Å²) >= 11 is 0. The predicted molar refractivity (Wildman–Crippen MR) is 54.9 cm³/mol. The third kappa shape index (κ3) is 3.27. The first-order valence-electron chi connectivity index (χ1n) is 5.37. The summed E-state index contributed by atoms with van der Waals surface area (Å²) in [5.41, 5.74) is 5.43. The van der Waals surface area contributed by atoms with Crippen LogP contribution in [0.5, 0.6) is 0 Å². The second-order valence-electron chi connectivity index (χ2n) is 3.60. The number of nitrogens with two attached hydrogens (primary N) is 1. The maximum Gasteiger partial charge on any atom is 0.225 e. The van der Waals surface area contributed by atoms with Gasteiger partial charge in [-0.2, -0.15) is 0 Å². The van der Waals surface area contributed by atoms with E-state index < -0.39 is 0 Å². The molecule has 1 fully saturated rings. The van der Waals surface area contributed by atoms with E-state index >= 15 is 0 Å². The van der Waals surface area contributed by atoms with Crippen molar-refractivity contribution in [2.75, 3.05) is 26.2 Å². The van der Waals surface area contributed by atoms with Gasteiger partial charge in [0.1, 0.15) is 0 Å². The summed E-state index contributed by atoms with van der Waals surface area (Å²) in [4.78, 5) is 13.5. The zero-order valence-corrected chi connectivity index (χ0v) is 8.87. The summed E-state index contributed by atoms with van der Waals surface area (Å²) in [5.74, 6) is 0.171. The molecule has 4 nitrogen and oxygen atoms in total. The highest BCUT2D eigenvalue weighted by molar-refractivity contribution is 5.76. The first-order valence-corrected chi connectivity index (χ1v) is 5.37. The van der Waals surface area contributed by atoms with Crippen molar-refractivity contribution in [1.29, 1.82) is 0 Å². The lowest BCUT2D eigenvalue weighted by Crippen LogP contribution is -2.36. The number of hydrogen-bond acceptors (Lipinski definition) is 3. The van der Waals surface area contributed by atoms with Crippen LogP contribution in [0.3, 0.4) is 0 Å². The first-order chi connectivity index (χ1) is 6.77. The van der Waals surface area contributed by atoms with Gasteiger partial charge in [-0.3, -0.25) is 4.79 Å². The van der Waals surface area contributed by atoms with E-state index in [4.69, 9.17) is 10.5 Å². The quantitative estimate of drug-likeness (QED) is 0.697. The molecule has 1 atom stereocenters. The van der Waals surface area contributed by atoms with E-state index in [1.807, 2.05) is 6.92 Å². The Bertz CT molecular complexity index is 179. The Labute approximate surface area is 85.4 Å². The number of hydrogen-bond donors (Lipinski definition) is 1. The molecule has 0 aromatic heterocycles. The van der Waals surface area contributed by atoms with E-state index in [9.17, 15) is 4.79 Å². The van der Waals surface area contributed by atoms with Crippen LogP contribution in [-0.2, 0) is 9.53 Å². The third-order valence-electron chi connectivity index (χ3n) is 2.56. The van der Waals surface area contributed by atoms with Gasteiger partial charge in [-0.25, -0.2) is 0 Å². The molecule has 0 bridgehead atoms. The largest absolute Gasteiger partial charge is 0.378 e. The molecule has 1 aliphatic heterocycles. The predicted octanol–water partition coefficient (Wildman–Crippen LogP) is 0.363. The average molecular weight is 200 g/mol. The third-order valence-corrected chi connectivity index (χ3v) is 2.56. The highest BCUT2D eigenvalue weighted by Crippen LogP contribution is 2.16. The van der Waals surface area contributed by atoms with Crippen LogP contribution in [0.25, 0.3) is 0 Å². The molecule has 2 N–H and O–H groups in total. The monoisotopic (exact) mass is 200 g/mol. The fraction of sp³-hybridized carbons (Fsp3) is 0.900. The Morgan fingerprint density at radius 1 is 1.64 bits per heavy atom. The van der Waals surface area contributed by atoms with Crippen LogP contribution in [0.4, 0.5) is 0 Å². The molecule has 1 aliphatic rings. The minimum atomic E-state index is 0.148. The van der Waals surface area contributed by atoms with Crippen LogP contribution in [0.2, 0.25) is 0 Å². The van der Waals surface area contributed by atoms with Crippen LogP contribution < -0.4 is 5.73 Å². The van der Waals surface area contributed by atoms with Crippen LogP contribution in [0, 0.1) is 0 Å². The zero-order valence-electron chi connectivity index (χ0n) is 8.87. The molecule has 4 heteroatoms. The Morgan fingerprint density at radius 2 is 2.43 bits per heavy atom. The highest BCUT2D eigenvalue weighted by Gasteiger charge is 2.21. The van der Waals surface area contributed by atoms with Gasteiger partial charge in [0.15, 0.2) is 0 Å². The molecule has 14 heavy (non-hydrogen) atoms. The van der Waals surface area contributed by atoms with E-state index in [-0.39, 0.29) is 12.0 Å². The van der Waals surface area contributed by atoms with Crippen molar-refractivity contribution < 1.29 is 9.53 Å². The number of amides is 1. The van der Waals surface area contributed by atoms with Gasteiger partial charge >= 0.3 is 0 Å². The van der Waals surface area contributed by atoms with Gasteiger partial charge in [0.2, 0.25) is 5.91 Å². The van der Waals surface area contributed by atoms with E-state index in [0.29, 0.717) is 19.5 Å². The molecule has 0 aliphatic carbocycles. The Hall–Kier alpha value is -0.610. The number of carbonyl (C=O) groups excluding carboxylic acids is 1. The molecule has 1 amide bonds. The Morgan fingerprint density at radius 3 is 2.93 bits per heavy atom. The lowest BCUT2D eigenvalue weighted by Gasteiger charge is -2.21. The van der Waals surface area contributed by atoms with Gasteiger partial charge in [0, 0.05) is 26.2 Å². The number of rotatable bonds is 5. The van der Waals surface area contributed by atoms with Gasteiger partial charge in [0.25, 0.3) is 0 Å². The second-order valence-corrected chi connectivity index (χ2v) is 3.60. The van der Waals surface area contributed by atoms with Crippen LogP contribution in [-0.4, -0.2) is 43.2 Å². The standard InChI is InChI=1S/C10H20N2O2/c1-2-12(6-5-11)10(13)8-9-4-3-7-14-9/h9H,2-8,11H2,1H3. The highest BCUT2D eigenvalue weighted by atomic mass is 16.5. The molecule has 1 rings (SSSR count). The lowest BCUT2D eigenvalue weighted by molar-refractivity contribution is -0.133. The summed E-state index contributed by atoms with van der Waals surface area (Å²) in [5, 5.41) is 0. The van der Waals surface area contributed by atoms with Crippen molar-refractivity contribution in [3.63, 3.8) is 0 Å². The van der Waals surface area contributed by atoms with Gasteiger partial charge < -0.3 is 15.4 Å². The van der Waals surface area contributed by atoms with Crippen molar-refractivity contribution in [3.05, 3.63) is 0 Å². The average Bonchev–Trinajstić information content (AvgIpc) is 2.66. The molecule has 0 spiro atoms. The second kappa shape index (κ2) is 5.98. The van der Waals surface area contributed by atoms with E-state index in [1.54, 1.807) is 4.90 Å². The van der Waals surface area contributed by atoms with Gasteiger partial charge in [-0.1, -0.05) is 0 Å². The van der Waals surface area contributed by atoms with E-state index in [0.717, 1.165) is 26.0 Å². The fourth-order valence-electron chi connectivity index (χ4n) is 1.74. The van der Waals surface area contributed by atoms with Crippen LogP contribution >= 0.6 is 0 Å². The normalized spacial score (nSPS) is 21.1. The molecule has 1 saturated heterocycles. The maximum absolute atomic E-state index is 11.7. The smallest absolute Gasteiger partial charge is 0.225 e. The van der Waals surface area contributed by atoms with Crippen molar-refractivity contribution in [2.45, 2.75) is 32.3 Å². The summed E-state index contributed by atoms with van der Waals surface area (Å²) in [6.07, 6.45) is 2.77. The van der Waals surface area contributed by atoms with Crippen LogP contribution in [0.1, 0.15) is 26.2 Å². The molecule has 1 unspecified atom stereocenters. The molecule has 0 saturated carbocycles. The molecule has 1 heterocycles. The summed E-state index contributed by atoms with van der Waals surface area (Å²) < 4.78 is 5.42. The molecule has 82 valence electrons. The number of likely N-dealkylation sites (N-methyl/N-ethyl adjacent to an activating group) is 1. The van der Waals surface area contributed by atoms with Crippen LogP contribution in [0.15, 0.2) is 0 Å². The maximum atomic E-state index is 11.7. The number of nitrogens with zero attached hydrogens (tertiary/aromatic N) is 1. The first kappa shape index (κ1) is 11.5. The topological polar surface area (TPSA) is 55.6 Å². The Kier molecular flexibility index (Phi) is 4.90. The van der Waals surface area contributed by atoms with Gasteiger partial charge in [0.05, 0.1) is 12.5 Å². The fourth-order valence-corrected chi connectivity index (χ4v) is 1.74. The van der Waals surface area contributed by atoms with Crippen molar-refractivity contribution >= 4 is 5.91 Å². The van der Waals surface area contributed by atoms with Crippen molar-refractivity contribution in [2.24, 2.45) is 5.73 Å². The summed E-state index contributed by atoms with van der Waals surface area (Å²) in [7, 11) is 0. The summed E-state index contributed by atoms with van der Waals surface area (Å²) in [6, 6.07) is 0.